The average Bonchev–Trinajstić information content (AvgIpc) is 2.74. The summed E-state index contributed by atoms with van der Waals surface area (Å²) in [6, 6.07) is 7.31. The van der Waals surface area contributed by atoms with E-state index in [4.69, 9.17) is 23.8 Å². The van der Waals surface area contributed by atoms with Crippen molar-refractivity contribution in [2.24, 2.45) is 0 Å². The minimum atomic E-state index is -0.304. The summed E-state index contributed by atoms with van der Waals surface area (Å²) in [5, 5.41) is 11.2. The van der Waals surface area contributed by atoms with Crippen LogP contribution < -0.4 is 5.56 Å². The first-order valence-electron chi connectivity index (χ1n) is 5.45. The smallest absolute Gasteiger partial charge is 0.274 e. The number of benzene rings is 1. The highest BCUT2D eigenvalue weighted by Gasteiger charge is 2.09. The molecule has 0 bridgehead atoms. The molecule has 0 spiro atoms. The van der Waals surface area contributed by atoms with E-state index in [1.165, 1.54) is 4.52 Å². The number of H-pyrrole nitrogens is 2. The lowest BCUT2D eigenvalue weighted by Gasteiger charge is -2.02. The molecule has 1 aromatic carbocycles. The number of rotatable bonds is 2. The number of hydrogen-bond acceptors (Lipinski definition) is 4. The van der Waals surface area contributed by atoms with Gasteiger partial charge in [0.05, 0.1) is 0 Å². The molecule has 6 nitrogen and oxygen atoms in total. The second-order valence-corrected chi connectivity index (χ2v) is 4.73. The van der Waals surface area contributed by atoms with Crippen molar-refractivity contribution in [3.8, 4) is 0 Å². The summed E-state index contributed by atoms with van der Waals surface area (Å²) < 4.78 is 1.70. The molecular weight excluding hydrogens is 286 g/mol. The van der Waals surface area contributed by atoms with Gasteiger partial charge in [0.2, 0.25) is 4.77 Å². The van der Waals surface area contributed by atoms with Gasteiger partial charge < -0.3 is 0 Å². The Morgan fingerprint density at radius 2 is 2.16 bits per heavy atom. The standard InChI is InChI=1S/C11H8ClN5OS/c12-7-4-2-1-3-6(7)5-8-9(18)13-10-14-15-11(19)17(10)16-8/h1-4H,5H2,(H,15,19)(H,13,14,18). The molecule has 0 unspecified atom stereocenters. The molecule has 19 heavy (non-hydrogen) atoms. The SMILES string of the molecule is O=c1[nH]c2n[nH]c(=S)n2nc1Cc1ccccc1Cl. The monoisotopic (exact) mass is 293 g/mol. The highest BCUT2D eigenvalue weighted by Crippen LogP contribution is 2.16. The van der Waals surface area contributed by atoms with Gasteiger partial charge in [-0.3, -0.25) is 9.78 Å². The normalized spacial score (nSPS) is 11.0. The van der Waals surface area contributed by atoms with Gasteiger partial charge in [-0.1, -0.05) is 29.8 Å². The van der Waals surface area contributed by atoms with Crippen LogP contribution in [0.1, 0.15) is 11.3 Å². The molecule has 0 radical (unpaired) electrons. The zero-order valence-corrected chi connectivity index (χ0v) is 11.1. The van der Waals surface area contributed by atoms with E-state index in [9.17, 15) is 4.79 Å². The van der Waals surface area contributed by atoms with Crippen LogP contribution in [-0.4, -0.2) is 24.8 Å². The zero-order valence-electron chi connectivity index (χ0n) is 9.55. The number of aromatic nitrogens is 5. The summed E-state index contributed by atoms with van der Waals surface area (Å²) in [5.41, 5.74) is 0.857. The van der Waals surface area contributed by atoms with Crippen LogP contribution in [0.15, 0.2) is 29.1 Å². The number of nitrogens with one attached hydrogen (secondary N) is 2. The second-order valence-electron chi connectivity index (χ2n) is 3.93. The van der Waals surface area contributed by atoms with Crippen LogP contribution in [0.5, 0.6) is 0 Å². The van der Waals surface area contributed by atoms with Gasteiger partial charge in [-0.2, -0.15) is 9.61 Å². The molecule has 0 amide bonds. The van der Waals surface area contributed by atoms with Gasteiger partial charge in [-0.25, -0.2) is 5.10 Å². The van der Waals surface area contributed by atoms with Crippen molar-refractivity contribution in [3.05, 3.63) is 55.7 Å². The topological polar surface area (TPSA) is 78.8 Å². The predicted molar refractivity (Wildman–Crippen MR) is 73.1 cm³/mol. The summed E-state index contributed by atoms with van der Waals surface area (Å²) in [7, 11) is 0. The molecule has 8 heteroatoms. The van der Waals surface area contributed by atoms with Crippen LogP contribution in [0.25, 0.3) is 5.78 Å². The average molecular weight is 294 g/mol. The molecule has 0 saturated heterocycles. The Hall–Kier alpha value is -1.99. The molecule has 2 aromatic heterocycles. The van der Waals surface area contributed by atoms with Crippen molar-refractivity contribution >= 4 is 29.6 Å². The molecule has 0 aliphatic rings. The third-order valence-corrected chi connectivity index (χ3v) is 3.31. The fraction of sp³-hybridized carbons (Fsp3) is 0.0909. The maximum absolute atomic E-state index is 11.9. The van der Waals surface area contributed by atoms with E-state index in [1.807, 2.05) is 18.2 Å². The lowest BCUT2D eigenvalue weighted by molar-refractivity contribution is 0.815. The van der Waals surface area contributed by atoms with E-state index < -0.39 is 0 Å². The Bertz CT molecular complexity index is 865. The van der Waals surface area contributed by atoms with E-state index in [0.717, 1.165) is 5.56 Å². The summed E-state index contributed by atoms with van der Waals surface area (Å²) in [5.74, 6) is 0.290. The van der Waals surface area contributed by atoms with Gasteiger partial charge in [0.15, 0.2) is 0 Å². The third-order valence-electron chi connectivity index (χ3n) is 2.67. The molecule has 0 aliphatic carbocycles. The largest absolute Gasteiger partial charge is 0.288 e. The molecule has 0 atom stereocenters. The van der Waals surface area contributed by atoms with Crippen LogP contribution in [0.2, 0.25) is 5.02 Å². The minimum Gasteiger partial charge on any atom is -0.288 e. The van der Waals surface area contributed by atoms with E-state index in [0.29, 0.717) is 21.9 Å². The maximum Gasteiger partial charge on any atom is 0.274 e. The van der Waals surface area contributed by atoms with Gasteiger partial charge in [-0.05, 0) is 23.8 Å². The van der Waals surface area contributed by atoms with Crippen molar-refractivity contribution in [2.75, 3.05) is 0 Å². The van der Waals surface area contributed by atoms with Crippen LogP contribution in [-0.2, 0) is 6.42 Å². The molecule has 2 heterocycles. The molecule has 2 N–H and O–H groups in total. The lowest BCUT2D eigenvalue weighted by atomic mass is 10.1. The van der Waals surface area contributed by atoms with Gasteiger partial charge in [0.25, 0.3) is 11.3 Å². The zero-order chi connectivity index (χ0) is 13.4. The van der Waals surface area contributed by atoms with Crippen molar-refractivity contribution < 1.29 is 0 Å². The van der Waals surface area contributed by atoms with Gasteiger partial charge >= 0.3 is 0 Å². The van der Waals surface area contributed by atoms with E-state index >= 15 is 0 Å². The second kappa shape index (κ2) is 4.60. The quantitative estimate of drug-likeness (QED) is 0.705. The van der Waals surface area contributed by atoms with E-state index in [-0.39, 0.29) is 11.3 Å². The Balaban J connectivity index is 2.13. The molecule has 96 valence electrons. The lowest BCUT2D eigenvalue weighted by Crippen LogP contribution is -2.19. The molecule has 3 rings (SSSR count). The molecule has 0 aliphatic heterocycles. The summed E-state index contributed by atoms with van der Waals surface area (Å²) >= 11 is 11.1. The fourth-order valence-corrected chi connectivity index (χ4v) is 2.12. The first kappa shape index (κ1) is 12.1. The number of nitrogens with zero attached hydrogens (tertiary/aromatic N) is 3. The summed E-state index contributed by atoms with van der Waals surface area (Å²) in [4.78, 5) is 14.5. The van der Waals surface area contributed by atoms with Crippen molar-refractivity contribution in [2.45, 2.75) is 6.42 Å². The van der Waals surface area contributed by atoms with E-state index in [1.54, 1.807) is 6.07 Å². The fourth-order valence-electron chi connectivity index (χ4n) is 1.74. The van der Waals surface area contributed by atoms with Crippen LogP contribution in [0, 0.1) is 4.77 Å². The Morgan fingerprint density at radius 1 is 1.37 bits per heavy atom. The first-order chi connectivity index (χ1) is 9.15. The molecule has 0 fully saturated rings. The Labute approximate surface area is 117 Å². The predicted octanol–water partition coefficient (Wildman–Crippen LogP) is 1.72. The number of halogens is 1. The summed E-state index contributed by atoms with van der Waals surface area (Å²) in [6.07, 6.45) is 0.331. The molecular formula is C11H8ClN5OS. The Kier molecular flexibility index (Phi) is 2.92. The highest BCUT2D eigenvalue weighted by molar-refractivity contribution is 7.71. The molecule has 3 aromatic rings. The Morgan fingerprint density at radius 3 is 2.95 bits per heavy atom. The third kappa shape index (κ3) is 2.18. The maximum atomic E-state index is 11.9. The molecule has 0 saturated carbocycles. The number of hydrogen-bond donors (Lipinski definition) is 2. The number of fused-ring (bicyclic) bond motifs is 1. The van der Waals surface area contributed by atoms with Crippen LogP contribution >= 0.6 is 23.8 Å². The van der Waals surface area contributed by atoms with Crippen molar-refractivity contribution in [1.82, 2.24) is 24.8 Å². The number of aromatic amines is 2. The van der Waals surface area contributed by atoms with Crippen LogP contribution in [0.4, 0.5) is 0 Å². The highest BCUT2D eigenvalue weighted by atomic mass is 35.5. The summed E-state index contributed by atoms with van der Waals surface area (Å²) in [6.45, 7) is 0. The van der Waals surface area contributed by atoms with Crippen molar-refractivity contribution in [1.29, 1.82) is 0 Å². The van der Waals surface area contributed by atoms with Crippen molar-refractivity contribution in [3.63, 3.8) is 0 Å². The first-order valence-corrected chi connectivity index (χ1v) is 6.24. The van der Waals surface area contributed by atoms with Gasteiger partial charge in [0, 0.05) is 11.4 Å². The minimum absolute atomic E-state index is 0.290. The van der Waals surface area contributed by atoms with Gasteiger partial charge in [-0.15, -0.1) is 5.10 Å². The van der Waals surface area contributed by atoms with E-state index in [2.05, 4.69) is 20.3 Å². The van der Waals surface area contributed by atoms with Crippen LogP contribution in [0.3, 0.4) is 0 Å². The van der Waals surface area contributed by atoms with Gasteiger partial charge in [0.1, 0.15) is 5.69 Å².